The van der Waals surface area contributed by atoms with Gasteiger partial charge in [-0.15, -0.1) is 0 Å². The summed E-state index contributed by atoms with van der Waals surface area (Å²) in [4.78, 5) is 4.19. The molecule has 2 aromatic heterocycles. The first-order valence-corrected chi connectivity index (χ1v) is 6.12. The van der Waals surface area contributed by atoms with E-state index in [2.05, 4.69) is 4.98 Å². The van der Waals surface area contributed by atoms with E-state index in [1.807, 2.05) is 12.0 Å². The van der Waals surface area contributed by atoms with Gasteiger partial charge in [0.2, 0.25) is 0 Å². The average molecular weight is 256 g/mol. The van der Waals surface area contributed by atoms with Crippen molar-refractivity contribution in [3.05, 3.63) is 39.4 Å². The van der Waals surface area contributed by atoms with E-state index in [0.717, 1.165) is 15.7 Å². The molecule has 0 fully saturated rings. The Morgan fingerprint density at radius 2 is 2.36 bits per heavy atom. The number of hydrogen-bond donors (Lipinski definition) is 1. The summed E-state index contributed by atoms with van der Waals surface area (Å²) in [5, 5.41) is 12.2. The number of aliphatic hydroxyl groups is 1. The molecule has 1 unspecified atom stereocenters. The molecule has 74 valence electrons. The molecule has 1 atom stereocenters. The van der Waals surface area contributed by atoms with Crippen molar-refractivity contribution in [2.45, 2.75) is 19.4 Å². The molecule has 0 aliphatic heterocycles. The molecule has 0 saturated carbocycles. The summed E-state index contributed by atoms with van der Waals surface area (Å²) >= 11 is 0.158. The van der Waals surface area contributed by atoms with Crippen molar-refractivity contribution < 1.29 is 9.52 Å². The van der Waals surface area contributed by atoms with E-state index in [1.165, 1.54) is 0 Å². The molecule has 2 aromatic rings. The van der Waals surface area contributed by atoms with Gasteiger partial charge in [0, 0.05) is 0 Å². The molecule has 0 spiro atoms. The van der Waals surface area contributed by atoms with Gasteiger partial charge in [-0.05, 0) is 0 Å². The van der Waals surface area contributed by atoms with Gasteiger partial charge in [0.15, 0.2) is 0 Å². The quantitative estimate of drug-likeness (QED) is 0.824. The molecule has 0 saturated heterocycles. The molecule has 0 aromatic carbocycles. The van der Waals surface area contributed by atoms with Crippen LogP contribution in [-0.4, -0.2) is 24.6 Å². The van der Waals surface area contributed by atoms with Crippen LogP contribution in [0.1, 0.15) is 22.6 Å². The fourth-order valence-corrected chi connectivity index (χ4v) is 3.30. The molecule has 4 heteroatoms. The zero-order valence-electron chi connectivity index (χ0n) is 8.02. The number of hydrogen-bond acceptors (Lipinski definition) is 3. The molecule has 2 rings (SSSR count). The fourth-order valence-electron chi connectivity index (χ4n) is 1.44. The van der Waals surface area contributed by atoms with Crippen LogP contribution in [-0.2, 0) is 5.60 Å². The van der Waals surface area contributed by atoms with Gasteiger partial charge in [-0.2, -0.15) is 0 Å². The number of aryl methyl sites for hydroxylation is 1. The van der Waals surface area contributed by atoms with Gasteiger partial charge in [-0.3, -0.25) is 0 Å². The molecule has 1 N–H and O–H groups in total. The molecular formula is C10H11NO2Se. The van der Waals surface area contributed by atoms with Crippen LogP contribution in [0.4, 0.5) is 0 Å². The molecule has 0 amide bonds. The molecule has 14 heavy (non-hydrogen) atoms. The van der Waals surface area contributed by atoms with E-state index in [1.54, 1.807) is 25.5 Å². The Kier molecular flexibility index (Phi) is 2.35. The standard InChI is InChI=1S/C10H11NO2Se/c1-7-9(14-6-11-7)10(2,12)8-3-4-13-5-8/h3-6,12H,1-2H3. The minimum atomic E-state index is -0.937. The molecule has 0 aliphatic rings. The molecule has 0 bridgehead atoms. The Morgan fingerprint density at radius 1 is 1.57 bits per heavy atom. The van der Waals surface area contributed by atoms with Gasteiger partial charge < -0.3 is 0 Å². The van der Waals surface area contributed by atoms with Gasteiger partial charge in [-0.25, -0.2) is 0 Å². The van der Waals surface area contributed by atoms with Crippen molar-refractivity contribution in [3.63, 3.8) is 0 Å². The summed E-state index contributed by atoms with van der Waals surface area (Å²) in [5.74, 6) is 0. The number of aromatic nitrogens is 1. The van der Waals surface area contributed by atoms with E-state index >= 15 is 0 Å². The predicted octanol–water partition coefficient (Wildman–Crippen LogP) is 1.30. The Labute approximate surface area is 88.1 Å². The third-order valence-corrected chi connectivity index (χ3v) is 4.66. The molecule has 3 nitrogen and oxygen atoms in total. The van der Waals surface area contributed by atoms with E-state index in [-0.39, 0.29) is 14.5 Å². The van der Waals surface area contributed by atoms with Crippen molar-refractivity contribution in [1.29, 1.82) is 0 Å². The van der Waals surface area contributed by atoms with Gasteiger partial charge in [-0.1, -0.05) is 0 Å². The molecule has 0 radical (unpaired) electrons. The monoisotopic (exact) mass is 257 g/mol. The Hall–Kier alpha value is -0.831. The predicted molar refractivity (Wildman–Crippen MR) is 53.3 cm³/mol. The van der Waals surface area contributed by atoms with Crippen LogP contribution in [0.2, 0.25) is 0 Å². The zero-order valence-corrected chi connectivity index (χ0v) is 9.73. The van der Waals surface area contributed by atoms with Crippen molar-refractivity contribution in [2.75, 3.05) is 0 Å². The van der Waals surface area contributed by atoms with Crippen LogP contribution in [0.5, 0.6) is 0 Å². The maximum absolute atomic E-state index is 10.4. The number of nitrogens with zero attached hydrogens (tertiary/aromatic N) is 1. The molecular weight excluding hydrogens is 245 g/mol. The number of furan rings is 1. The van der Waals surface area contributed by atoms with Crippen molar-refractivity contribution in [2.24, 2.45) is 0 Å². The van der Waals surface area contributed by atoms with E-state index in [0.29, 0.717) is 0 Å². The van der Waals surface area contributed by atoms with Crippen LogP contribution in [0, 0.1) is 6.92 Å². The van der Waals surface area contributed by atoms with Crippen molar-refractivity contribution >= 4 is 14.5 Å². The van der Waals surface area contributed by atoms with Gasteiger partial charge in [0.1, 0.15) is 0 Å². The van der Waals surface area contributed by atoms with Crippen LogP contribution in [0.15, 0.2) is 28.1 Å². The average Bonchev–Trinajstić information content (AvgIpc) is 2.72. The second-order valence-electron chi connectivity index (χ2n) is 3.35. The third kappa shape index (κ3) is 1.46. The summed E-state index contributed by atoms with van der Waals surface area (Å²) < 4.78 is 5.99. The van der Waals surface area contributed by atoms with Crippen molar-refractivity contribution in [1.82, 2.24) is 4.98 Å². The van der Waals surface area contributed by atoms with E-state index in [9.17, 15) is 5.11 Å². The minimum absolute atomic E-state index is 0.158. The van der Waals surface area contributed by atoms with Gasteiger partial charge in [0.25, 0.3) is 0 Å². The number of rotatable bonds is 2. The van der Waals surface area contributed by atoms with Crippen LogP contribution < -0.4 is 0 Å². The van der Waals surface area contributed by atoms with E-state index in [4.69, 9.17) is 4.42 Å². The molecule has 2 heterocycles. The summed E-state index contributed by atoms with van der Waals surface area (Å²) in [5.41, 5.74) is 0.781. The normalized spacial score (nSPS) is 15.4. The summed E-state index contributed by atoms with van der Waals surface area (Å²) in [6.45, 7) is 3.71. The first-order valence-electron chi connectivity index (χ1n) is 4.28. The van der Waals surface area contributed by atoms with Gasteiger partial charge >= 0.3 is 87.8 Å². The summed E-state index contributed by atoms with van der Waals surface area (Å²) in [6, 6.07) is 1.79. The second kappa shape index (κ2) is 3.39. The third-order valence-electron chi connectivity index (χ3n) is 2.27. The van der Waals surface area contributed by atoms with Crippen LogP contribution in [0.25, 0.3) is 0 Å². The second-order valence-corrected chi connectivity index (χ2v) is 5.14. The Bertz CT molecular complexity index is 417. The Balaban J connectivity index is 2.48. The summed E-state index contributed by atoms with van der Waals surface area (Å²) in [6.07, 6.45) is 3.15. The Morgan fingerprint density at radius 3 is 2.86 bits per heavy atom. The maximum atomic E-state index is 10.4. The van der Waals surface area contributed by atoms with Gasteiger partial charge in [0.05, 0.1) is 0 Å². The molecule has 0 aliphatic carbocycles. The fraction of sp³-hybridized carbons (Fsp3) is 0.300. The topological polar surface area (TPSA) is 46.3 Å². The van der Waals surface area contributed by atoms with Crippen molar-refractivity contribution in [3.8, 4) is 0 Å². The first-order chi connectivity index (χ1) is 6.62. The summed E-state index contributed by atoms with van der Waals surface area (Å²) in [7, 11) is 0. The van der Waals surface area contributed by atoms with E-state index < -0.39 is 5.60 Å². The van der Waals surface area contributed by atoms with Crippen LogP contribution >= 0.6 is 0 Å². The van der Waals surface area contributed by atoms with Crippen LogP contribution in [0.3, 0.4) is 0 Å². The zero-order chi connectivity index (χ0) is 10.2. The first kappa shape index (κ1) is 9.71. The SMILES string of the molecule is Cc1nc[se]c1C(C)(O)c1ccoc1.